The second-order valence-electron chi connectivity index (χ2n) is 6.17. The SMILES string of the molecule is CC1CN(c2ccc([N+](=O)[O-])cc2)CC(C)O1.O=[N+]([O-])c1ccc(F)cc1. The topological polar surface area (TPSA) is 98.8 Å². The van der Waals surface area contributed by atoms with Crippen LogP contribution in [0, 0.1) is 26.0 Å². The third-order valence-electron chi connectivity index (χ3n) is 3.88. The molecule has 0 radical (unpaired) electrons. The summed E-state index contributed by atoms with van der Waals surface area (Å²) >= 11 is 0. The fraction of sp³-hybridized carbons (Fsp3) is 0.333. The standard InChI is InChI=1S/C12H16N2O3.C6H4FNO2/c1-9-7-13(8-10(2)17-9)11-3-5-12(6-4-11)14(15)16;7-5-1-3-6(4-2-5)8(9)10/h3-6,9-10H,7-8H2,1-2H3;1-4H. The third-order valence-corrected chi connectivity index (χ3v) is 3.88. The lowest BCUT2D eigenvalue weighted by Crippen LogP contribution is -2.45. The maximum absolute atomic E-state index is 12.1. The molecule has 1 fully saturated rings. The lowest BCUT2D eigenvalue weighted by Gasteiger charge is -2.36. The highest BCUT2D eigenvalue weighted by Gasteiger charge is 2.22. The van der Waals surface area contributed by atoms with Crippen LogP contribution in [0.15, 0.2) is 48.5 Å². The second kappa shape index (κ2) is 9.04. The number of nitrogens with zero attached hydrogens (tertiary/aromatic N) is 3. The third kappa shape index (κ3) is 6.00. The van der Waals surface area contributed by atoms with Crippen molar-refractivity contribution in [2.24, 2.45) is 0 Å². The van der Waals surface area contributed by atoms with Crippen LogP contribution in [0.5, 0.6) is 0 Å². The number of rotatable bonds is 3. The van der Waals surface area contributed by atoms with E-state index >= 15 is 0 Å². The van der Waals surface area contributed by atoms with Gasteiger partial charge in [0.05, 0.1) is 22.1 Å². The first-order valence-electron chi connectivity index (χ1n) is 8.31. The average Bonchev–Trinajstić information content (AvgIpc) is 2.62. The zero-order chi connectivity index (χ0) is 20.0. The van der Waals surface area contributed by atoms with Crippen LogP contribution < -0.4 is 4.90 Å². The van der Waals surface area contributed by atoms with Gasteiger partial charge in [-0.25, -0.2) is 4.39 Å². The van der Waals surface area contributed by atoms with Crippen molar-refractivity contribution in [3.05, 3.63) is 74.6 Å². The minimum absolute atomic E-state index is 0.0959. The van der Waals surface area contributed by atoms with Crippen molar-refractivity contribution in [3.63, 3.8) is 0 Å². The summed E-state index contributed by atoms with van der Waals surface area (Å²) in [5, 5.41) is 20.6. The molecule has 0 N–H and O–H groups in total. The van der Waals surface area contributed by atoms with E-state index in [1.807, 2.05) is 13.8 Å². The molecule has 8 nitrogen and oxygen atoms in total. The van der Waals surface area contributed by atoms with Crippen LogP contribution in [0.3, 0.4) is 0 Å². The number of halogens is 1. The molecule has 2 unspecified atom stereocenters. The van der Waals surface area contributed by atoms with Crippen LogP contribution in [-0.4, -0.2) is 35.1 Å². The van der Waals surface area contributed by atoms with Crippen molar-refractivity contribution < 1.29 is 19.0 Å². The van der Waals surface area contributed by atoms with Crippen molar-refractivity contribution in [2.45, 2.75) is 26.1 Å². The molecule has 2 aromatic rings. The number of ether oxygens (including phenoxy) is 1. The van der Waals surface area contributed by atoms with Gasteiger partial charge in [0.25, 0.3) is 11.4 Å². The van der Waals surface area contributed by atoms with Gasteiger partial charge in [-0.2, -0.15) is 0 Å². The molecule has 1 heterocycles. The molecule has 0 bridgehead atoms. The normalized spacial score (nSPS) is 19.0. The molecule has 2 aromatic carbocycles. The van der Waals surface area contributed by atoms with Gasteiger partial charge >= 0.3 is 0 Å². The first-order valence-corrected chi connectivity index (χ1v) is 8.31. The monoisotopic (exact) mass is 377 g/mol. The summed E-state index contributed by atoms with van der Waals surface area (Å²) in [5.74, 6) is -0.467. The molecule has 1 saturated heterocycles. The highest BCUT2D eigenvalue weighted by atomic mass is 19.1. The molecule has 2 atom stereocenters. The van der Waals surface area contributed by atoms with Gasteiger partial charge in [-0.15, -0.1) is 0 Å². The first kappa shape index (κ1) is 20.2. The number of hydrogen-bond donors (Lipinski definition) is 0. The molecule has 0 spiro atoms. The maximum Gasteiger partial charge on any atom is 0.269 e. The van der Waals surface area contributed by atoms with Crippen molar-refractivity contribution in [1.82, 2.24) is 0 Å². The molecule has 0 saturated carbocycles. The summed E-state index contributed by atoms with van der Waals surface area (Å²) in [4.78, 5) is 21.8. The molecule has 0 amide bonds. The van der Waals surface area contributed by atoms with Gasteiger partial charge in [-0.05, 0) is 38.1 Å². The van der Waals surface area contributed by atoms with Crippen LogP contribution in [0.1, 0.15) is 13.8 Å². The summed E-state index contributed by atoms with van der Waals surface area (Å²) in [7, 11) is 0. The Kier molecular flexibility index (Phi) is 6.78. The molecule has 144 valence electrons. The number of benzene rings is 2. The van der Waals surface area contributed by atoms with E-state index in [0.29, 0.717) is 0 Å². The van der Waals surface area contributed by atoms with Crippen molar-refractivity contribution in [1.29, 1.82) is 0 Å². The van der Waals surface area contributed by atoms with Gasteiger partial charge in [-0.3, -0.25) is 20.2 Å². The van der Waals surface area contributed by atoms with Crippen LogP contribution in [0.25, 0.3) is 0 Å². The zero-order valence-corrected chi connectivity index (χ0v) is 14.9. The van der Waals surface area contributed by atoms with Crippen LogP contribution in [0.4, 0.5) is 21.5 Å². The van der Waals surface area contributed by atoms with Crippen molar-refractivity contribution >= 4 is 17.1 Å². The van der Waals surface area contributed by atoms with Crippen LogP contribution >= 0.6 is 0 Å². The largest absolute Gasteiger partial charge is 0.372 e. The quantitative estimate of drug-likeness (QED) is 0.593. The van der Waals surface area contributed by atoms with E-state index in [0.717, 1.165) is 43.0 Å². The van der Waals surface area contributed by atoms with E-state index < -0.39 is 10.7 Å². The Balaban J connectivity index is 0.000000223. The summed E-state index contributed by atoms with van der Waals surface area (Å²) in [6.45, 7) is 5.71. The summed E-state index contributed by atoms with van der Waals surface area (Å²) < 4.78 is 17.8. The minimum atomic E-state index is -0.570. The molecule has 1 aliphatic heterocycles. The predicted octanol–water partition coefficient (Wildman–Crippen LogP) is 3.94. The summed E-state index contributed by atoms with van der Waals surface area (Å²) in [6, 6.07) is 11.0. The van der Waals surface area contributed by atoms with E-state index in [1.54, 1.807) is 24.3 Å². The lowest BCUT2D eigenvalue weighted by molar-refractivity contribution is -0.385. The second-order valence-corrected chi connectivity index (χ2v) is 6.17. The van der Waals surface area contributed by atoms with Gasteiger partial charge < -0.3 is 9.64 Å². The van der Waals surface area contributed by atoms with Crippen LogP contribution in [-0.2, 0) is 4.74 Å². The Bertz CT molecular complexity index is 773. The molecule has 9 heteroatoms. The maximum atomic E-state index is 12.1. The van der Waals surface area contributed by atoms with E-state index in [1.165, 1.54) is 0 Å². The molecule has 27 heavy (non-hydrogen) atoms. The average molecular weight is 377 g/mol. The molecule has 0 aliphatic carbocycles. The number of nitro groups is 2. The van der Waals surface area contributed by atoms with E-state index in [2.05, 4.69) is 4.90 Å². The Morgan fingerprint density at radius 1 is 0.889 bits per heavy atom. The fourth-order valence-electron chi connectivity index (χ4n) is 2.74. The fourth-order valence-corrected chi connectivity index (χ4v) is 2.74. The molecule has 0 aromatic heterocycles. The summed E-state index contributed by atoms with van der Waals surface area (Å²) in [5.41, 5.74) is 1.04. The number of non-ortho nitro benzene ring substituents is 2. The Morgan fingerprint density at radius 2 is 1.30 bits per heavy atom. The Morgan fingerprint density at radius 3 is 1.70 bits per heavy atom. The number of nitro benzene ring substituents is 2. The van der Waals surface area contributed by atoms with Gasteiger partial charge in [0.1, 0.15) is 5.82 Å². The minimum Gasteiger partial charge on any atom is -0.372 e. The molecular formula is C18H20FN3O5. The predicted molar refractivity (Wildman–Crippen MR) is 98.4 cm³/mol. The summed E-state index contributed by atoms with van der Waals surface area (Å²) in [6.07, 6.45) is 0.378. The highest BCUT2D eigenvalue weighted by molar-refractivity contribution is 5.51. The number of anilines is 1. The highest BCUT2D eigenvalue weighted by Crippen LogP contribution is 2.22. The van der Waals surface area contributed by atoms with Crippen molar-refractivity contribution in [3.8, 4) is 0 Å². The smallest absolute Gasteiger partial charge is 0.269 e. The van der Waals surface area contributed by atoms with Gasteiger partial charge in [0, 0.05) is 43.0 Å². The van der Waals surface area contributed by atoms with E-state index in [-0.39, 0.29) is 28.5 Å². The molecular weight excluding hydrogens is 357 g/mol. The lowest BCUT2D eigenvalue weighted by atomic mass is 10.2. The van der Waals surface area contributed by atoms with E-state index in [4.69, 9.17) is 4.74 Å². The van der Waals surface area contributed by atoms with Gasteiger partial charge in [0.15, 0.2) is 0 Å². The molecule has 3 rings (SSSR count). The van der Waals surface area contributed by atoms with E-state index in [9.17, 15) is 24.6 Å². The van der Waals surface area contributed by atoms with Crippen molar-refractivity contribution in [2.75, 3.05) is 18.0 Å². The zero-order valence-electron chi connectivity index (χ0n) is 14.9. The Hall–Kier alpha value is -3.07. The van der Waals surface area contributed by atoms with Crippen LogP contribution in [0.2, 0.25) is 0 Å². The Labute approximate surface area is 155 Å². The van der Waals surface area contributed by atoms with Gasteiger partial charge in [-0.1, -0.05) is 0 Å². The number of hydrogen-bond acceptors (Lipinski definition) is 6. The first-order chi connectivity index (χ1) is 12.8. The van der Waals surface area contributed by atoms with Gasteiger partial charge in [0.2, 0.25) is 0 Å². The number of morpholine rings is 1. The molecule has 1 aliphatic rings.